The maximum atomic E-state index is 11.8. The number of amides is 1. The molecule has 0 aliphatic carbocycles. The second-order valence-corrected chi connectivity index (χ2v) is 4.73. The molecule has 2 aliphatic rings. The number of hydrogen-bond donors (Lipinski definition) is 0. The molecule has 2 fully saturated rings. The van der Waals surface area contributed by atoms with Gasteiger partial charge < -0.3 is 9.80 Å². The summed E-state index contributed by atoms with van der Waals surface area (Å²) < 4.78 is 0. The van der Waals surface area contributed by atoms with Crippen LogP contribution >= 0.6 is 0 Å². The third-order valence-electron chi connectivity index (χ3n) is 3.40. The Kier molecular flexibility index (Phi) is 3.26. The molecule has 0 aromatic heterocycles. The van der Waals surface area contributed by atoms with Crippen molar-refractivity contribution in [1.29, 1.82) is 0 Å². The summed E-state index contributed by atoms with van der Waals surface area (Å²) in [5.74, 6) is 0.317. The van der Waals surface area contributed by atoms with Crippen molar-refractivity contribution in [2.24, 2.45) is 0 Å². The van der Waals surface area contributed by atoms with Crippen LogP contribution in [0.4, 0.5) is 0 Å². The van der Waals surface area contributed by atoms with Crippen molar-refractivity contribution in [3.05, 3.63) is 0 Å². The van der Waals surface area contributed by atoms with Crippen LogP contribution in [0.25, 0.3) is 0 Å². The average molecular weight is 211 g/mol. The van der Waals surface area contributed by atoms with Gasteiger partial charge in [-0.15, -0.1) is 0 Å². The van der Waals surface area contributed by atoms with Crippen LogP contribution in [0.5, 0.6) is 0 Å². The van der Waals surface area contributed by atoms with E-state index in [0.717, 1.165) is 39.1 Å². The van der Waals surface area contributed by atoms with Gasteiger partial charge in [0.1, 0.15) is 0 Å². The number of likely N-dealkylation sites (tertiary alicyclic amines) is 1. The number of carbonyl (C=O) groups is 1. The van der Waals surface area contributed by atoms with Crippen LogP contribution in [-0.4, -0.2) is 73.0 Å². The van der Waals surface area contributed by atoms with Gasteiger partial charge in [0.2, 0.25) is 5.91 Å². The Bertz CT molecular complexity index is 238. The molecule has 0 aromatic rings. The summed E-state index contributed by atoms with van der Waals surface area (Å²) in [4.78, 5) is 18.4. The summed E-state index contributed by atoms with van der Waals surface area (Å²) in [6.07, 6.45) is 1.07. The van der Waals surface area contributed by atoms with E-state index in [0.29, 0.717) is 18.5 Å². The summed E-state index contributed by atoms with van der Waals surface area (Å²) >= 11 is 0. The van der Waals surface area contributed by atoms with Gasteiger partial charge in [-0.05, 0) is 13.5 Å². The molecule has 2 saturated heterocycles. The van der Waals surface area contributed by atoms with Crippen LogP contribution in [-0.2, 0) is 4.79 Å². The zero-order valence-corrected chi connectivity index (χ0v) is 9.78. The lowest BCUT2D eigenvalue weighted by Gasteiger charge is -2.46. The molecule has 0 radical (unpaired) electrons. The normalized spacial score (nSPS) is 25.7. The smallest absolute Gasteiger partial charge is 0.236 e. The summed E-state index contributed by atoms with van der Waals surface area (Å²) in [7, 11) is 2.13. The Morgan fingerprint density at radius 2 is 2.07 bits per heavy atom. The van der Waals surface area contributed by atoms with Gasteiger partial charge in [-0.3, -0.25) is 9.69 Å². The highest BCUT2D eigenvalue weighted by atomic mass is 16.2. The second kappa shape index (κ2) is 4.49. The monoisotopic (exact) mass is 211 g/mol. The molecule has 0 unspecified atom stereocenters. The van der Waals surface area contributed by atoms with E-state index in [4.69, 9.17) is 0 Å². The number of nitrogens with zero attached hydrogens (tertiary/aromatic N) is 3. The third-order valence-corrected chi connectivity index (χ3v) is 3.40. The van der Waals surface area contributed by atoms with Crippen molar-refractivity contribution in [2.75, 3.05) is 46.3 Å². The van der Waals surface area contributed by atoms with Crippen molar-refractivity contribution >= 4 is 5.91 Å². The molecule has 2 aliphatic heterocycles. The molecule has 15 heavy (non-hydrogen) atoms. The third kappa shape index (κ3) is 2.32. The molecular formula is C11H21N3O. The zero-order valence-electron chi connectivity index (χ0n) is 9.78. The van der Waals surface area contributed by atoms with E-state index in [1.54, 1.807) is 0 Å². The first-order valence-electron chi connectivity index (χ1n) is 5.91. The molecular weight excluding hydrogens is 190 g/mol. The van der Waals surface area contributed by atoms with Crippen LogP contribution in [0.15, 0.2) is 0 Å². The van der Waals surface area contributed by atoms with E-state index in [2.05, 4.69) is 23.8 Å². The minimum absolute atomic E-state index is 0.317. The topological polar surface area (TPSA) is 26.8 Å². The van der Waals surface area contributed by atoms with Crippen LogP contribution in [0, 0.1) is 0 Å². The number of rotatable bonds is 3. The van der Waals surface area contributed by atoms with E-state index in [1.165, 1.54) is 0 Å². The van der Waals surface area contributed by atoms with Crippen molar-refractivity contribution in [3.8, 4) is 0 Å². The summed E-state index contributed by atoms with van der Waals surface area (Å²) in [5.41, 5.74) is 0. The minimum Gasteiger partial charge on any atom is -0.340 e. The maximum Gasteiger partial charge on any atom is 0.236 e. The van der Waals surface area contributed by atoms with E-state index in [-0.39, 0.29) is 0 Å². The summed E-state index contributed by atoms with van der Waals surface area (Å²) in [6.45, 7) is 7.93. The highest BCUT2D eigenvalue weighted by molar-refractivity contribution is 5.79. The minimum atomic E-state index is 0.317. The second-order valence-electron chi connectivity index (χ2n) is 4.73. The van der Waals surface area contributed by atoms with Crippen LogP contribution in [0.1, 0.15) is 13.3 Å². The Morgan fingerprint density at radius 1 is 1.33 bits per heavy atom. The fraction of sp³-hybridized carbons (Fsp3) is 0.909. The maximum absolute atomic E-state index is 11.8. The number of piperazine rings is 1. The molecule has 86 valence electrons. The van der Waals surface area contributed by atoms with Gasteiger partial charge >= 0.3 is 0 Å². The van der Waals surface area contributed by atoms with E-state index in [9.17, 15) is 4.79 Å². The predicted molar refractivity (Wildman–Crippen MR) is 59.7 cm³/mol. The van der Waals surface area contributed by atoms with Gasteiger partial charge in [-0.2, -0.15) is 0 Å². The highest BCUT2D eigenvalue weighted by Gasteiger charge is 2.33. The SMILES string of the molecule is CCCN1CCN(C2CN(C)C2)CC1=O. The Balaban J connectivity index is 1.80. The molecule has 2 rings (SSSR count). The van der Waals surface area contributed by atoms with E-state index >= 15 is 0 Å². The molecule has 1 amide bonds. The van der Waals surface area contributed by atoms with Crippen molar-refractivity contribution < 1.29 is 4.79 Å². The summed E-state index contributed by atoms with van der Waals surface area (Å²) in [5, 5.41) is 0. The van der Waals surface area contributed by atoms with Gasteiger partial charge in [-0.1, -0.05) is 6.92 Å². The first-order chi connectivity index (χ1) is 7.20. The van der Waals surface area contributed by atoms with Gasteiger partial charge in [-0.25, -0.2) is 0 Å². The fourth-order valence-corrected chi connectivity index (χ4v) is 2.44. The lowest BCUT2D eigenvalue weighted by Crippen LogP contribution is -2.63. The molecule has 4 heteroatoms. The number of hydrogen-bond acceptors (Lipinski definition) is 3. The van der Waals surface area contributed by atoms with Gasteiger partial charge in [0.25, 0.3) is 0 Å². The van der Waals surface area contributed by atoms with Gasteiger partial charge in [0.05, 0.1) is 6.54 Å². The quantitative estimate of drug-likeness (QED) is 0.650. The Morgan fingerprint density at radius 3 is 2.60 bits per heavy atom. The average Bonchev–Trinajstić information content (AvgIpc) is 2.17. The lowest BCUT2D eigenvalue weighted by molar-refractivity contribution is -0.138. The molecule has 0 aromatic carbocycles. The number of carbonyl (C=O) groups excluding carboxylic acids is 1. The van der Waals surface area contributed by atoms with E-state index < -0.39 is 0 Å². The van der Waals surface area contributed by atoms with Crippen molar-refractivity contribution in [2.45, 2.75) is 19.4 Å². The molecule has 0 bridgehead atoms. The van der Waals surface area contributed by atoms with Gasteiger partial charge in [0.15, 0.2) is 0 Å². The van der Waals surface area contributed by atoms with Crippen LogP contribution in [0.2, 0.25) is 0 Å². The summed E-state index contributed by atoms with van der Waals surface area (Å²) in [6, 6.07) is 0.628. The zero-order chi connectivity index (χ0) is 10.8. The van der Waals surface area contributed by atoms with E-state index in [1.807, 2.05) is 4.90 Å². The predicted octanol–water partition coefficient (Wildman–Crippen LogP) is -0.145. The van der Waals surface area contributed by atoms with Crippen molar-refractivity contribution in [3.63, 3.8) is 0 Å². The molecule has 2 heterocycles. The Hall–Kier alpha value is -0.610. The lowest BCUT2D eigenvalue weighted by atomic mass is 10.1. The first-order valence-corrected chi connectivity index (χ1v) is 5.91. The highest BCUT2D eigenvalue weighted by Crippen LogP contribution is 2.15. The molecule has 0 saturated carbocycles. The largest absolute Gasteiger partial charge is 0.340 e. The molecule has 0 atom stereocenters. The molecule has 4 nitrogen and oxygen atoms in total. The Labute approximate surface area is 91.8 Å². The molecule has 0 spiro atoms. The van der Waals surface area contributed by atoms with Gasteiger partial charge in [0, 0.05) is 38.8 Å². The van der Waals surface area contributed by atoms with Crippen LogP contribution in [0.3, 0.4) is 0 Å². The van der Waals surface area contributed by atoms with Crippen LogP contribution < -0.4 is 0 Å². The first kappa shape index (κ1) is 10.9. The fourth-order valence-electron chi connectivity index (χ4n) is 2.44. The number of likely N-dealkylation sites (N-methyl/N-ethyl adjacent to an activating group) is 1. The van der Waals surface area contributed by atoms with Crippen molar-refractivity contribution in [1.82, 2.24) is 14.7 Å². The standard InChI is InChI=1S/C11H21N3O/c1-3-4-13-5-6-14(9-11(13)15)10-7-12(2)8-10/h10H,3-9H2,1-2H3. The molecule has 0 N–H and O–H groups in total.